The van der Waals surface area contributed by atoms with Gasteiger partial charge in [-0.25, -0.2) is 0 Å². The number of aliphatic hydroxyl groups excluding tert-OH is 1. The van der Waals surface area contributed by atoms with Crippen LogP contribution in [0.25, 0.3) is 0 Å². The van der Waals surface area contributed by atoms with Crippen molar-refractivity contribution in [2.45, 2.75) is 25.3 Å². The van der Waals surface area contributed by atoms with Gasteiger partial charge in [0.25, 0.3) is 0 Å². The molecule has 1 rings (SSSR count). The van der Waals surface area contributed by atoms with E-state index in [0.717, 1.165) is 17.7 Å². The van der Waals surface area contributed by atoms with Crippen LogP contribution in [0.5, 0.6) is 0 Å². The molecule has 0 aliphatic heterocycles. The summed E-state index contributed by atoms with van der Waals surface area (Å²) in [4.78, 5) is 11.8. The number of hydrogen-bond acceptors (Lipinski definition) is 3. The number of aliphatic hydroxyl groups is 1. The number of hydrogen-bond donors (Lipinski definition) is 2. The predicted octanol–water partition coefficient (Wildman–Crippen LogP) is 2.37. The minimum absolute atomic E-state index is 0.0614. The Labute approximate surface area is 113 Å². The van der Waals surface area contributed by atoms with E-state index in [0.29, 0.717) is 12.8 Å². The molecule has 1 unspecified atom stereocenters. The van der Waals surface area contributed by atoms with Crippen molar-refractivity contribution < 1.29 is 9.90 Å². The molecule has 0 heterocycles. The largest absolute Gasteiger partial charge is 0.396 e. The second kappa shape index (κ2) is 9.00. The van der Waals surface area contributed by atoms with E-state index in [1.807, 2.05) is 36.6 Å². The Morgan fingerprint density at radius 3 is 2.72 bits per heavy atom. The highest BCUT2D eigenvalue weighted by molar-refractivity contribution is 7.98. The fourth-order valence-electron chi connectivity index (χ4n) is 1.78. The molecule has 0 radical (unpaired) electrons. The van der Waals surface area contributed by atoms with Gasteiger partial charge in [0, 0.05) is 13.0 Å². The van der Waals surface area contributed by atoms with Crippen LogP contribution in [0.1, 0.15) is 30.9 Å². The summed E-state index contributed by atoms with van der Waals surface area (Å²) in [5, 5.41) is 12.1. The third-order valence-corrected chi connectivity index (χ3v) is 3.40. The van der Waals surface area contributed by atoms with Gasteiger partial charge in [-0.1, -0.05) is 30.3 Å². The number of nitrogens with one attached hydrogen (secondary N) is 1. The number of amides is 1. The zero-order valence-electron chi connectivity index (χ0n) is 10.8. The maximum atomic E-state index is 11.8. The normalized spacial score (nSPS) is 12.1. The number of thioether (sulfide) groups is 1. The summed E-state index contributed by atoms with van der Waals surface area (Å²) >= 11 is 1.75. The summed E-state index contributed by atoms with van der Waals surface area (Å²) in [5.74, 6) is 1.06. The van der Waals surface area contributed by atoms with Crippen molar-refractivity contribution in [2.24, 2.45) is 0 Å². The molecule has 100 valence electrons. The molecule has 0 saturated carbocycles. The number of benzene rings is 1. The minimum atomic E-state index is -0.0852. The van der Waals surface area contributed by atoms with Crippen molar-refractivity contribution in [1.82, 2.24) is 5.32 Å². The molecule has 0 fully saturated rings. The molecule has 0 bridgehead atoms. The Bertz CT molecular complexity index is 343. The summed E-state index contributed by atoms with van der Waals surface area (Å²) in [7, 11) is 0. The molecule has 2 N–H and O–H groups in total. The van der Waals surface area contributed by atoms with Crippen molar-refractivity contribution in [3.8, 4) is 0 Å². The predicted molar refractivity (Wildman–Crippen MR) is 76.6 cm³/mol. The average Bonchev–Trinajstić information content (AvgIpc) is 2.39. The zero-order valence-corrected chi connectivity index (χ0v) is 11.6. The number of carbonyl (C=O) groups excluding carboxylic acids is 1. The molecule has 4 heteroatoms. The Hall–Kier alpha value is -1.00. The Morgan fingerprint density at radius 1 is 1.39 bits per heavy atom. The Balaban J connectivity index is 2.50. The van der Waals surface area contributed by atoms with Gasteiger partial charge in [0.1, 0.15) is 0 Å². The minimum Gasteiger partial charge on any atom is -0.396 e. The van der Waals surface area contributed by atoms with Crippen molar-refractivity contribution >= 4 is 17.7 Å². The van der Waals surface area contributed by atoms with E-state index in [4.69, 9.17) is 5.11 Å². The van der Waals surface area contributed by atoms with Crippen LogP contribution in [0.15, 0.2) is 30.3 Å². The van der Waals surface area contributed by atoms with Gasteiger partial charge in [0.2, 0.25) is 5.91 Å². The summed E-state index contributed by atoms with van der Waals surface area (Å²) in [5.41, 5.74) is 1.05. The van der Waals surface area contributed by atoms with Crippen LogP contribution in [-0.2, 0) is 4.79 Å². The van der Waals surface area contributed by atoms with Crippen molar-refractivity contribution in [3.05, 3.63) is 35.9 Å². The Morgan fingerprint density at radius 2 is 2.11 bits per heavy atom. The van der Waals surface area contributed by atoms with Gasteiger partial charge in [0.15, 0.2) is 0 Å². The lowest BCUT2D eigenvalue weighted by molar-refractivity contribution is -0.121. The van der Waals surface area contributed by atoms with E-state index in [1.54, 1.807) is 11.8 Å². The molecule has 0 aliphatic rings. The van der Waals surface area contributed by atoms with Crippen LogP contribution in [0.3, 0.4) is 0 Å². The average molecular weight is 267 g/mol. The molecule has 1 aromatic carbocycles. The molecular formula is C14H21NO2S. The second-order valence-electron chi connectivity index (χ2n) is 4.14. The summed E-state index contributed by atoms with van der Waals surface area (Å²) in [6.07, 6.45) is 4.04. The fraction of sp³-hybridized carbons (Fsp3) is 0.500. The Kier molecular flexibility index (Phi) is 7.53. The quantitative estimate of drug-likeness (QED) is 0.711. The van der Waals surface area contributed by atoms with Crippen LogP contribution in [-0.4, -0.2) is 29.6 Å². The standard InChI is InChI=1S/C14H21NO2S/c1-18-11-5-8-14(17)15-13(9-10-16)12-6-3-2-4-7-12/h2-4,6-7,13,16H,5,8-11H2,1H3,(H,15,17). The van der Waals surface area contributed by atoms with Crippen molar-refractivity contribution in [2.75, 3.05) is 18.6 Å². The molecule has 1 aromatic rings. The van der Waals surface area contributed by atoms with Crippen molar-refractivity contribution in [3.63, 3.8) is 0 Å². The molecule has 1 amide bonds. The monoisotopic (exact) mass is 267 g/mol. The smallest absolute Gasteiger partial charge is 0.220 e. The molecule has 0 aromatic heterocycles. The lowest BCUT2D eigenvalue weighted by Crippen LogP contribution is -2.29. The second-order valence-corrected chi connectivity index (χ2v) is 5.13. The SMILES string of the molecule is CSCCCC(=O)NC(CCO)c1ccccc1. The molecular weight excluding hydrogens is 246 g/mol. The third kappa shape index (κ3) is 5.56. The van der Waals surface area contributed by atoms with Crippen LogP contribution < -0.4 is 5.32 Å². The van der Waals surface area contributed by atoms with Crippen molar-refractivity contribution in [1.29, 1.82) is 0 Å². The molecule has 0 aliphatic carbocycles. The van der Waals surface area contributed by atoms with Gasteiger partial charge < -0.3 is 10.4 Å². The maximum Gasteiger partial charge on any atom is 0.220 e. The first-order valence-corrected chi connectivity index (χ1v) is 7.61. The van der Waals surface area contributed by atoms with E-state index in [1.165, 1.54) is 0 Å². The van der Waals surface area contributed by atoms with E-state index in [2.05, 4.69) is 5.32 Å². The van der Waals surface area contributed by atoms with E-state index < -0.39 is 0 Å². The number of rotatable bonds is 8. The topological polar surface area (TPSA) is 49.3 Å². The lowest BCUT2D eigenvalue weighted by Gasteiger charge is -2.18. The van der Waals surface area contributed by atoms with Crippen LogP contribution in [0.4, 0.5) is 0 Å². The van der Waals surface area contributed by atoms with E-state index in [-0.39, 0.29) is 18.6 Å². The molecule has 0 saturated heterocycles. The van der Waals surface area contributed by atoms with Crippen LogP contribution in [0.2, 0.25) is 0 Å². The zero-order chi connectivity index (χ0) is 13.2. The molecule has 3 nitrogen and oxygen atoms in total. The fourth-order valence-corrected chi connectivity index (χ4v) is 2.21. The first kappa shape index (κ1) is 15.1. The van der Waals surface area contributed by atoms with Gasteiger partial charge in [-0.2, -0.15) is 11.8 Å². The highest BCUT2D eigenvalue weighted by Crippen LogP contribution is 2.16. The molecule has 0 spiro atoms. The van der Waals surface area contributed by atoms with E-state index in [9.17, 15) is 4.79 Å². The summed E-state index contributed by atoms with van der Waals surface area (Å²) in [6.45, 7) is 0.0741. The maximum absolute atomic E-state index is 11.8. The van der Waals surface area contributed by atoms with Crippen LogP contribution >= 0.6 is 11.8 Å². The number of carbonyl (C=O) groups is 1. The highest BCUT2D eigenvalue weighted by Gasteiger charge is 2.13. The molecule has 1 atom stereocenters. The summed E-state index contributed by atoms with van der Waals surface area (Å²) < 4.78 is 0. The lowest BCUT2D eigenvalue weighted by atomic mass is 10.0. The van der Waals surface area contributed by atoms with Gasteiger partial charge in [-0.15, -0.1) is 0 Å². The molecule has 18 heavy (non-hydrogen) atoms. The summed E-state index contributed by atoms with van der Waals surface area (Å²) in [6, 6.07) is 9.70. The third-order valence-electron chi connectivity index (χ3n) is 2.71. The first-order chi connectivity index (χ1) is 8.77. The van der Waals surface area contributed by atoms with Gasteiger partial charge >= 0.3 is 0 Å². The van der Waals surface area contributed by atoms with E-state index >= 15 is 0 Å². The van der Waals surface area contributed by atoms with Gasteiger partial charge in [-0.05, 0) is 30.4 Å². The highest BCUT2D eigenvalue weighted by atomic mass is 32.2. The van der Waals surface area contributed by atoms with Gasteiger partial charge in [-0.3, -0.25) is 4.79 Å². The van der Waals surface area contributed by atoms with Gasteiger partial charge in [0.05, 0.1) is 6.04 Å². The first-order valence-electron chi connectivity index (χ1n) is 6.22. The van der Waals surface area contributed by atoms with Crippen LogP contribution in [0, 0.1) is 0 Å².